The van der Waals surface area contributed by atoms with E-state index in [2.05, 4.69) is 21.9 Å². The van der Waals surface area contributed by atoms with Crippen LogP contribution in [0.3, 0.4) is 0 Å². The maximum atomic E-state index is 5.88. The molecule has 3 rings (SSSR count). The van der Waals surface area contributed by atoms with Gasteiger partial charge in [0, 0.05) is 24.5 Å². The van der Waals surface area contributed by atoms with Crippen molar-refractivity contribution in [3.05, 3.63) is 18.6 Å². The maximum Gasteiger partial charge on any atom is 0.232 e. The molecule has 16 heavy (non-hydrogen) atoms. The zero-order valence-electron chi connectivity index (χ0n) is 9.54. The zero-order valence-corrected chi connectivity index (χ0v) is 9.54. The summed E-state index contributed by atoms with van der Waals surface area (Å²) in [6, 6.07) is 1.42. The topological polar surface area (TPSA) is 38.2 Å². The van der Waals surface area contributed by atoms with E-state index in [9.17, 15) is 0 Å². The Hall–Kier alpha value is -1.16. The summed E-state index contributed by atoms with van der Waals surface area (Å²) in [5.41, 5.74) is 0. The second kappa shape index (κ2) is 4.01. The highest BCUT2D eigenvalue weighted by Gasteiger charge is 2.39. The Labute approximate surface area is 95.7 Å². The van der Waals surface area contributed by atoms with E-state index in [1.807, 2.05) is 0 Å². The molecule has 2 bridgehead atoms. The van der Waals surface area contributed by atoms with Crippen LogP contribution in [0.1, 0.15) is 25.7 Å². The third-order valence-corrected chi connectivity index (χ3v) is 3.88. The highest BCUT2D eigenvalue weighted by atomic mass is 16.5. The largest absolute Gasteiger partial charge is 0.473 e. The molecule has 0 aliphatic carbocycles. The number of piperidine rings is 1. The average Bonchev–Trinajstić information content (AvgIpc) is 2.54. The van der Waals surface area contributed by atoms with Crippen molar-refractivity contribution in [2.24, 2.45) is 0 Å². The lowest BCUT2D eigenvalue weighted by Gasteiger charge is -2.35. The molecule has 4 nitrogen and oxygen atoms in total. The lowest BCUT2D eigenvalue weighted by atomic mass is 10.0. The van der Waals surface area contributed by atoms with Crippen molar-refractivity contribution in [3.8, 4) is 5.88 Å². The van der Waals surface area contributed by atoms with Crippen LogP contribution in [0.4, 0.5) is 0 Å². The van der Waals surface area contributed by atoms with Gasteiger partial charge in [-0.05, 0) is 32.7 Å². The van der Waals surface area contributed by atoms with Crippen LogP contribution in [0, 0.1) is 0 Å². The molecule has 2 saturated heterocycles. The molecule has 0 N–H and O–H groups in total. The molecular weight excluding hydrogens is 202 g/mol. The third-order valence-electron chi connectivity index (χ3n) is 3.88. The van der Waals surface area contributed by atoms with Crippen LogP contribution in [0.15, 0.2) is 18.6 Å². The Balaban J connectivity index is 1.66. The Kier molecular flexibility index (Phi) is 2.52. The minimum absolute atomic E-state index is 0.324. The molecule has 4 heteroatoms. The van der Waals surface area contributed by atoms with Gasteiger partial charge in [0.1, 0.15) is 6.10 Å². The van der Waals surface area contributed by atoms with Crippen molar-refractivity contribution >= 4 is 0 Å². The van der Waals surface area contributed by atoms with Crippen molar-refractivity contribution < 1.29 is 4.74 Å². The van der Waals surface area contributed by atoms with Gasteiger partial charge in [0.05, 0.1) is 6.20 Å². The summed E-state index contributed by atoms with van der Waals surface area (Å²) in [5.74, 6) is 0.663. The Morgan fingerprint density at radius 2 is 2.00 bits per heavy atom. The van der Waals surface area contributed by atoms with Crippen molar-refractivity contribution in [2.45, 2.75) is 43.9 Å². The van der Waals surface area contributed by atoms with Crippen LogP contribution in [0.5, 0.6) is 5.88 Å². The maximum absolute atomic E-state index is 5.88. The van der Waals surface area contributed by atoms with Gasteiger partial charge in [-0.2, -0.15) is 0 Å². The van der Waals surface area contributed by atoms with Gasteiger partial charge in [-0.15, -0.1) is 0 Å². The average molecular weight is 219 g/mol. The van der Waals surface area contributed by atoms with E-state index >= 15 is 0 Å². The predicted octanol–water partition coefficient (Wildman–Crippen LogP) is 1.48. The molecule has 0 aromatic carbocycles. The molecule has 0 saturated carbocycles. The quantitative estimate of drug-likeness (QED) is 0.755. The Morgan fingerprint density at radius 3 is 2.62 bits per heavy atom. The summed E-state index contributed by atoms with van der Waals surface area (Å²) < 4.78 is 5.88. The summed E-state index contributed by atoms with van der Waals surface area (Å²) in [6.45, 7) is 0. The molecule has 1 unspecified atom stereocenters. The smallest absolute Gasteiger partial charge is 0.232 e. The van der Waals surface area contributed by atoms with Crippen molar-refractivity contribution in [1.82, 2.24) is 14.9 Å². The molecule has 0 spiro atoms. The number of aromatic nitrogens is 2. The van der Waals surface area contributed by atoms with Gasteiger partial charge in [-0.25, -0.2) is 4.98 Å². The van der Waals surface area contributed by atoms with Crippen LogP contribution >= 0.6 is 0 Å². The first-order valence-corrected chi connectivity index (χ1v) is 5.97. The predicted molar refractivity (Wildman–Crippen MR) is 60.3 cm³/mol. The van der Waals surface area contributed by atoms with Gasteiger partial charge < -0.3 is 9.64 Å². The standard InChI is InChI=1S/C12H17N3O/c1-15-9-2-3-10(15)7-11(6-9)16-12-8-13-4-5-14-12/h4-5,8-11H,2-3,6-7H2,1H3/t9-,10+,11?. The minimum Gasteiger partial charge on any atom is -0.473 e. The van der Waals surface area contributed by atoms with Crippen LogP contribution in [0.25, 0.3) is 0 Å². The zero-order chi connectivity index (χ0) is 11.0. The van der Waals surface area contributed by atoms with Gasteiger partial charge in [0.25, 0.3) is 0 Å². The fourth-order valence-corrected chi connectivity index (χ4v) is 2.97. The molecule has 0 amide bonds. The Morgan fingerprint density at radius 1 is 1.25 bits per heavy atom. The van der Waals surface area contributed by atoms with E-state index in [1.165, 1.54) is 12.8 Å². The molecule has 1 aromatic rings. The molecule has 1 aromatic heterocycles. The van der Waals surface area contributed by atoms with Crippen molar-refractivity contribution in [2.75, 3.05) is 7.05 Å². The van der Waals surface area contributed by atoms with Gasteiger partial charge in [-0.1, -0.05) is 0 Å². The van der Waals surface area contributed by atoms with Crippen LogP contribution in [-0.4, -0.2) is 40.1 Å². The number of hydrogen-bond acceptors (Lipinski definition) is 4. The van der Waals surface area contributed by atoms with E-state index in [0.29, 0.717) is 24.1 Å². The summed E-state index contributed by atoms with van der Waals surface area (Å²) in [5, 5.41) is 0. The lowest BCUT2D eigenvalue weighted by molar-refractivity contribution is 0.0630. The van der Waals surface area contributed by atoms with E-state index in [-0.39, 0.29) is 0 Å². The fraction of sp³-hybridized carbons (Fsp3) is 0.667. The summed E-state index contributed by atoms with van der Waals surface area (Å²) in [7, 11) is 2.24. The lowest BCUT2D eigenvalue weighted by Crippen LogP contribution is -2.43. The normalized spacial score (nSPS) is 33.9. The van der Waals surface area contributed by atoms with E-state index in [4.69, 9.17) is 4.74 Å². The molecule has 2 aliphatic rings. The monoisotopic (exact) mass is 219 g/mol. The molecule has 2 fully saturated rings. The summed E-state index contributed by atoms with van der Waals surface area (Å²) in [4.78, 5) is 10.7. The summed E-state index contributed by atoms with van der Waals surface area (Å²) >= 11 is 0. The second-order valence-corrected chi connectivity index (χ2v) is 4.81. The van der Waals surface area contributed by atoms with Crippen LogP contribution in [0.2, 0.25) is 0 Å². The number of rotatable bonds is 2. The van der Waals surface area contributed by atoms with Crippen LogP contribution < -0.4 is 4.74 Å². The van der Waals surface area contributed by atoms with Crippen LogP contribution in [-0.2, 0) is 0 Å². The SMILES string of the molecule is CN1[C@@H]2CC[C@H]1CC(Oc1cnccn1)C2. The first kappa shape index (κ1) is 10.0. The van der Waals surface area contributed by atoms with E-state index in [1.54, 1.807) is 18.6 Å². The molecular formula is C12H17N3O. The minimum atomic E-state index is 0.324. The third kappa shape index (κ3) is 1.78. The van der Waals surface area contributed by atoms with Crippen molar-refractivity contribution in [1.29, 1.82) is 0 Å². The molecule has 86 valence electrons. The summed E-state index contributed by atoms with van der Waals surface area (Å²) in [6.07, 6.45) is 10.3. The Bertz CT molecular complexity index is 343. The van der Waals surface area contributed by atoms with Gasteiger partial charge in [-0.3, -0.25) is 4.98 Å². The highest BCUT2D eigenvalue weighted by molar-refractivity contribution is 5.04. The first-order valence-electron chi connectivity index (χ1n) is 5.97. The molecule has 2 aliphatic heterocycles. The highest BCUT2D eigenvalue weighted by Crippen LogP contribution is 2.35. The molecule has 3 atom stereocenters. The second-order valence-electron chi connectivity index (χ2n) is 4.81. The van der Waals surface area contributed by atoms with Gasteiger partial charge >= 0.3 is 0 Å². The van der Waals surface area contributed by atoms with E-state index < -0.39 is 0 Å². The molecule has 0 radical (unpaired) electrons. The first-order chi connectivity index (χ1) is 7.83. The van der Waals surface area contributed by atoms with E-state index in [0.717, 1.165) is 12.8 Å². The van der Waals surface area contributed by atoms with Gasteiger partial charge in [0.2, 0.25) is 5.88 Å². The number of hydrogen-bond donors (Lipinski definition) is 0. The molecule has 3 heterocycles. The fourth-order valence-electron chi connectivity index (χ4n) is 2.97. The number of nitrogens with zero attached hydrogens (tertiary/aromatic N) is 3. The van der Waals surface area contributed by atoms with Gasteiger partial charge in [0.15, 0.2) is 0 Å². The van der Waals surface area contributed by atoms with Crippen molar-refractivity contribution in [3.63, 3.8) is 0 Å². The number of ether oxygens (including phenoxy) is 1. The number of fused-ring (bicyclic) bond motifs is 2.